The Bertz CT molecular complexity index is 606. The van der Waals surface area contributed by atoms with Crippen molar-refractivity contribution in [3.8, 4) is 0 Å². The fourth-order valence-electron chi connectivity index (χ4n) is 2.18. The smallest absolute Gasteiger partial charge is 0.161 e. The number of nitrogens with one attached hydrogen (secondary N) is 1. The molecule has 0 aliphatic rings. The van der Waals surface area contributed by atoms with E-state index in [1.165, 1.54) is 0 Å². The number of halogens is 3. The zero-order chi connectivity index (χ0) is 15.4. The van der Waals surface area contributed by atoms with Crippen LogP contribution in [0.25, 0.3) is 0 Å². The van der Waals surface area contributed by atoms with E-state index in [0.29, 0.717) is 17.8 Å². The van der Waals surface area contributed by atoms with E-state index in [4.69, 9.17) is 0 Å². The highest BCUT2D eigenvalue weighted by atomic mass is 19.2. The van der Waals surface area contributed by atoms with Crippen molar-refractivity contribution >= 4 is 5.69 Å². The molecule has 0 saturated carbocycles. The Morgan fingerprint density at radius 3 is 2.43 bits per heavy atom. The van der Waals surface area contributed by atoms with E-state index in [1.807, 2.05) is 16.9 Å². The number of rotatable bonds is 6. The molecule has 2 rings (SSSR count). The summed E-state index contributed by atoms with van der Waals surface area (Å²) in [7, 11) is 0. The zero-order valence-corrected chi connectivity index (χ0v) is 12.0. The van der Waals surface area contributed by atoms with Crippen LogP contribution in [0.2, 0.25) is 0 Å². The molecule has 2 aromatic rings. The van der Waals surface area contributed by atoms with Gasteiger partial charge in [0.05, 0.1) is 24.0 Å². The van der Waals surface area contributed by atoms with Crippen LogP contribution in [-0.4, -0.2) is 9.78 Å². The van der Waals surface area contributed by atoms with Gasteiger partial charge < -0.3 is 5.32 Å². The average Bonchev–Trinajstić information content (AvgIpc) is 2.91. The minimum absolute atomic E-state index is 0.0778. The summed E-state index contributed by atoms with van der Waals surface area (Å²) in [5.41, 5.74) is 0.636. The maximum atomic E-state index is 13.5. The molecular formula is C15H18F3N3. The minimum atomic E-state index is -1.20. The van der Waals surface area contributed by atoms with E-state index in [-0.39, 0.29) is 12.2 Å². The minimum Gasteiger partial charge on any atom is -0.377 e. The molecule has 0 unspecified atom stereocenters. The van der Waals surface area contributed by atoms with E-state index < -0.39 is 17.5 Å². The Morgan fingerprint density at radius 1 is 1.10 bits per heavy atom. The molecule has 0 bridgehead atoms. The fourth-order valence-corrected chi connectivity index (χ4v) is 2.18. The normalized spacial score (nSPS) is 11.1. The van der Waals surface area contributed by atoms with Gasteiger partial charge in [0.1, 0.15) is 5.82 Å². The number of benzene rings is 1. The van der Waals surface area contributed by atoms with Crippen LogP contribution in [0.5, 0.6) is 0 Å². The van der Waals surface area contributed by atoms with E-state index >= 15 is 0 Å². The summed E-state index contributed by atoms with van der Waals surface area (Å²) in [6.45, 7) is 4.42. The third-order valence-corrected chi connectivity index (χ3v) is 3.45. The van der Waals surface area contributed by atoms with E-state index in [9.17, 15) is 13.2 Å². The number of hydrogen-bond acceptors (Lipinski definition) is 2. The third-order valence-electron chi connectivity index (χ3n) is 3.45. The summed E-state index contributed by atoms with van der Waals surface area (Å²) in [6.07, 6.45) is 3.82. The van der Waals surface area contributed by atoms with Crippen LogP contribution in [0.3, 0.4) is 0 Å². The van der Waals surface area contributed by atoms with Crippen molar-refractivity contribution in [3.63, 3.8) is 0 Å². The summed E-state index contributed by atoms with van der Waals surface area (Å²) in [6, 6.07) is 3.49. The van der Waals surface area contributed by atoms with Crippen LogP contribution in [0.4, 0.5) is 18.9 Å². The van der Waals surface area contributed by atoms with Crippen molar-refractivity contribution in [3.05, 3.63) is 47.5 Å². The molecule has 0 aliphatic heterocycles. The maximum Gasteiger partial charge on any atom is 0.161 e. The van der Waals surface area contributed by atoms with Gasteiger partial charge in [-0.2, -0.15) is 5.10 Å². The Balaban J connectivity index is 2.05. The largest absolute Gasteiger partial charge is 0.377 e. The summed E-state index contributed by atoms with van der Waals surface area (Å²) >= 11 is 0. The van der Waals surface area contributed by atoms with Crippen LogP contribution in [0, 0.1) is 17.5 Å². The predicted molar refractivity (Wildman–Crippen MR) is 75.5 cm³/mol. The Morgan fingerprint density at radius 2 is 1.76 bits per heavy atom. The van der Waals surface area contributed by atoms with Gasteiger partial charge in [-0.25, -0.2) is 13.2 Å². The van der Waals surface area contributed by atoms with Crippen molar-refractivity contribution in [2.24, 2.45) is 0 Å². The first kappa shape index (κ1) is 15.4. The molecule has 21 heavy (non-hydrogen) atoms. The molecule has 6 heteroatoms. The number of aromatic nitrogens is 2. The molecule has 0 atom stereocenters. The van der Waals surface area contributed by atoms with E-state index in [2.05, 4.69) is 24.3 Å². The first-order chi connectivity index (χ1) is 10.0. The van der Waals surface area contributed by atoms with Crippen molar-refractivity contribution in [2.75, 3.05) is 5.32 Å². The lowest BCUT2D eigenvalue weighted by molar-refractivity contribution is 0.426. The molecule has 1 N–H and O–H groups in total. The van der Waals surface area contributed by atoms with Gasteiger partial charge in [0, 0.05) is 18.3 Å². The van der Waals surface area contributed by atoms with Gasteiger partial charge in [0.2, 0.25) is 0 Å². The molecule has 3 nitrogen and oxygen atoms in total. The van der Waals surface area contributed by atoms with E-state index in [1.54, 1.807) is 0 Å². The first-order valence-electron chi connectivity index (χ1n) is 6.97. The summed E-state index contributed by atoms with van der Waals surface area (Å²) < 4.78 is 41.3. The van der Waals surface area contributed by atoms with Gasteiger partial charge in [-0.1, -0.05) is 13.8 Å². The van der Waals surface area contributed by atoms with Crippen LogP contribution in [-0.2, 0) is 6.54 Å². The van der Waals surface area contributed by atoms with Crippen LogP contribution < -0.4 is 5.32 Å². The fraction of sp³-hybridized carbons (Fsp3) is 0.400. The van der Waals surface area contributed by atoms with Gasteiger partial charge in [-0.3, -0.25) is 4.68 Å². The van der Waals surface area contributed by atoms with Gasteiger partial charge in [0.25, 0.3) is 0 Å². The standard InChI is InChI=1S/C15H18F3N3/c1-3-11(4-2)21-6-5-10(20-21)9-19-15-8-13(17)12(16)7-14(15)18/h5-8,11,19H,3-4,9H2,1-2H3. The predicted octanol–water partition coefficient (Wildman–Crippen LogP) is 4.27. The SMILES string of the molecule is CCC(CC)n1ccc(CNc2cc(F)c(F)cc2F)n1. The highest BCUT2D eigenvalue weighted by Crippen LogP contribution is 2.19. The van der Waals surface area contributed by atoms with Crippen molar-refractivity contribution in [1.82, 2.24) is 9.78 Å². The molecule has 0 radical (unpaired) electrons. The van der Waals surface area contributed by atoms with Gasteiger partial charge in [-0.15, -0.1) is 0 Å². The van der Waals surface area contributed by atoms with E-state index in [0.717, 1.165) is 18.9 Å². The second-order valence-electron chi connectivity index (χ2n) is 4.86. The van der Waals surface area contributed by atoms with Crippen LogP contribution in [0.15, 0.2) is 24.4 Å². The maximum absolute atomic E-state index is 13.5. The first-order valence-corrected chi connectivity index (χ1v) is 6.97. The van der Waals surface area contributed by atoms with Crippen molar-refractivity contribution < 1.29 is 13.2 Å². The lowest BCUT2D eigenvalue weighted by atomic mass is 10.2. The molecule has 0 spiro atoms. The monoisotopic (exact) mass is 297 g/mol. The highest BCUT2D eigenvalue weighted by Gasteiger charge is 2.11. The van der Waals surface area contributed by atoms with Crippen LogP contribution >= 0.6 is 0 Å². The summed E-state index contributed by atoms with van der Waals surface area (Å²) in [5, 5.41) is 7.13. The molecule has 1 heterocycles. The molecule has 114 valence electrons. The van der Waals surface area contributed by atoms with Gasteiger partial charge in [0.15, 0.2) is 11.6 Å². The summed E-state index contributed by atoms with van der Waals surface area (Å²) in [5.74, 6) is -3.11. The third kappa shape index (κ3) is 3.56. The molecule has 0 saturated heterocycles. The van der Waals surface area contributed by atoms with Gasteiger partial charge in [-0.05, 0) is 18.9 Å². The van der Waals surface area contributed by atoms with Crippen molar-refractivity contribution in [2.45, 2.75) is 39.3 Å². The molecule has 0 fully saturated rings. The lowest BCUT2D eigenvalue weighted by Gasteiger charge is -2.12. The van der Waals surface area contributed by atoms with Crippen molar-refractivity contribution in [1.29, 1.82) is 0 Å². The average molecular weight is 297 g/mol. The highest BCUT2D eigenvalue weighted by molar-refractivity contribution is 5.45. The number of anilines is 1. The Hall–Kier alpha value is -1.98. The van der Waals surface area contributed by atoms with Gasteiger partial charge >= 0.3 is 0 Å². The topological polar surface area (TPSA) is 29.9 Å². The molecule has 1 aromatic carbocycles. The number of nitrogens with zero attached hydrogens (tertiary/aromatic N) is 2. The molecule has 1 aromatic heterocycles. The Labute approximate surface area is 121 Å². The van der Waals surface area contributed by atoms with Crippen LogP contribution in [0.1, 0.15) is 38.4 Å². The second-order valence-corrected chi connectivity index (χ2v) is 4.86. The molecule has 0 amide bonds. The quantitative estimate of drug-likeness (QED) is 0.807. The molecular weight excluding hydrogens is 279 g/mol. The number of hydrogen-bond donors (Lipinski definition) is 1. The second kappa shape index (κ2) is 6.65. The molecule has 0 aliphatic carbocycles. The zero-order valence-electron chi connectivity index (χ0n) is 12.0. The lowest BCUT2D eigenvalue weighted by Crippen LogP contribution is -2.09. The summed E-state index contributed by atoms with van der Waals surface area (Å²) in [4.78, 5) is 0. The Kier molecular flexibility index (Phi) is 4.88.